The maximum absolute atomic E-state index is 13.0. The van der Waals surface area contributed by atoms with Gasteiger partial charge in [-0.15, -0.1) is 0 Å². The SMILES string of the molecule is COc1cc(N2CCN(S(=O)(=O)c3c(C)noc3C)CC2)cc(OC)c1OC. The van der Waals surface area contributed by atoms with Crippen LogP contribution in [0.25, 0.3) is 0 Å². The van der Waals surface area contributed by atoms with Crippen LogP contribution in [0.5, 0.6) is 17.2 Å². The molecule has 9 nitrogen and oxygen atoms in total. The van der Waals surface area contributed by atoms with Gasteiger partial charge in [0, 0.05) is 44.0 Å². The highest BCUT2D eigenvalue weighted by atomic mass is 32.2. The summed E-state index contributed by atoms with van der Waals surface area (Å²) in [7, 11) is 1.04. The first-order valence-electron chi connectivity index (χ1n) is 8.81. The Hall–Kier alpha value is -2.46. The predicted molar refractivity (Wildman–Crippen MR) is 103 cm³/mol. The molecule has 2 aromatic rings. The molecule has 3 rings (SSSR count). The van der Waals surface area contributed by atoms with Gasteiger partial charge in [-0.05, 0) is 13.8 Å². The van der Waals surface area contributed by atoms with Gasteiger partial charge in [-0.1, -0.05) is 5.16 Å². The van der Waals surface area contributed by atoms with E-state index in [0.29, 0.717) is 54.9 Å². The van der Waals surface area contributed by atoms with Crippen LogP contribution >= 0.6 is 0 Å². The smallest absolute Gasteiger partial charge is 0.248 e. The number of hydrogen-bond donors (Lipinski definition) is 0. The van der Waals surface area contributed by atoms with Gasteiger partial charge in [0.1, 0.15) is 10.6 Å². The van der Waals surface area contributed by atoms with Gasteiger partial charge in [0.05, 0.1) is 21.3 Å². The largest absolute Gasteiger partial charge is 0.493 e. The van der Waals surface area contributed by atoms with E-state index < -0.39 is 10.0 Å². The lowest BCUT2D eigenvalue weighted by Crippen LogP contribution is -2.48. The van der Waals surface area contributed by atoms with Gasteiger partial charge in [-0.2, -0.15) is 4.31 Å². The van der Waals surface area contributed by atoms with Gasteiger partial charge in [0.2, 0.25) is 15.8 Å². The van der Waals surface area contributed by atoms with E-state index in [1.807, 2.05) is 12.1 Å². The van der Waals surface area contributed by atoms with Crippen molar-refractivity contribution in [3.8, 4) is 17.2 Å². The van der Waals surface area contributed by atoms with Gasteiger partial charge in [0.25, 0.3) is 0 Å². The molecular formula is C18H25N3O6S. The molecule has 1 aliphatic rings. The summed E-state index contributed by atoms with van der Waals surface area (Å²) in [6.45, 7) is 5.00. The first-order chi connectivity index (χ1) is 13.3. The summed E-state index contributed by atoms with van der Waals surface area (Å²) >= 11 is 0. The Kier molecular flexibility index (Phi) is 5.71. The highest BCUT2D eigenvalue weighted by Crippen LogP contribution is 2.41. The fourth-order valence-corrected chi connectivity index (χ4v) is 5.12. The molecular weight excluding hydrogens is 386 g/mol. The lowest BCUT2D eigenvalue weighted by Gasteiger charge is -2.35. The van der Waals surface area contributed by atoms with Crippen molar-refractivity contribution in [1.82, 2.24) is 9.46 Å². The summed E-state index contributed by atoms with van der Waals surface area (Å²) in [5.41, 5.74) is 1.26. The van der Waals surface area contributed by atoms with Crippen molar-refractivity contribution < 1.29 is 27.2 Å². The number of sulfonamides is 1. The molecule has 0 spiro atoms. The minimum Gasteiger partial charge on any atom is -0.493 e. The maximum Gasteiger partial charge on any atom is 0.248 e. The molecule has 0 radical (unpaired) electrons. The quantitative estimate of drug-likeness (QED) is 0.711. The highest BCUT2D eigenvalue weighted by molar-refractivity contribution is 7.89. The lowest BCUT2D eigenvalue weighted by atomic mass is 10.2. The summed E-state index contributed by atoms with van der Waals surface area (Å²) in [4.78, 5) is 2.25. The first kappa shape index (κ1) is 20.3. The summed E-state index contributed by atoms with van der Waals surface area (Å²) in [6, 6.07) is 3.72. The van der Waals surface area contributed by atoms with Crippen LogP contribution in [0.1, 0.15) is 11.5 Å². The summed E-state index contributed by atoms with van der Waals surface area (Å²) in [6.07, 6.45) is 0. The molecule has 0 N–H and O–H groups in total. The number of anilines is 1. The summed E-state index contributed by atoms with van der Waals surface area (Å²) in [5, 5.41) is 3.76. The molecule has 2 heterocycles. The van der Waals surface area contributed by atoms with E-state index >= 15 is 0 Å². The number of piperazine rings is 1. The van der Waals surface area contributed by atoms with Crippen molar-refractivity contribution in [2.45, 2.75) is 18.7 Å². The summed E-state index contributed by atoms with van der Waals surface area (Å²) in [5.74, 6) is 1.95. The highest BCUT2D eigenvalue weighted by Gasteiger charge is 2.33. The van der Waals surface area contributed by atoms with Crippen molar-refractivity contribution in [2.75, 3.05) is 52.4 Å². The molecule has 1 aromatic heterocycles. The topological polar surface area (TPSA) is 94.3 Å². The normalized spacial score (nSPS) is 15.5. The Bertz CT molecular complexity index is 904. The van der Waals surface area contributed by atoms with E-state index in [1.54, 1.807) is 35.2 Å². The second-order valence-corrected chi connectivity index (χ2v) is 8.30. The van der Waals surface area contributed by atoms with Gasteiger partial charge >= 0.3 is 0 Å². The Morgan fingerprint density at radius 1 is 0.964 bits per heavy atom. The zero-order valence-electron chi connectivity index (χ0n) is 16.7. The average molecular weight is 411 g/mol. The monoisotopic (exact) mass is 411 g/mol. The zero-order valence-corrected chi connectivity index (χ0v) is 17.5. The van der Waals surface area contributed by atoms with Gasteiger partial charge in [-0.25, -0.2) is 8.42 Å². The summed E-state index contributed by atoms with van der Waals surface area (Å²) < 4.78 is 48.6. The van der Waals surface area contributed by atoms with Gasteiger partial charge in [-0.3, -0.25) is 0 Å². The Labute approximate surface area is 164 Å². The van der Waals surface area contributed by atoms with Crippen LogP contribution in [0.2, 0.25) is 0 Å². The fourth-order valence-electron chi connectivity index (χ4n) is 3.41. The minimum atomic E-state index is -3.64. The Morgan fingerprint density at radius 3 is 1.96 bits per heavy atom. The standard InChI is InChI=1S/C18H25N3O6S/c1-12-18(13(2)27-19-12)28(22,23)21-8-6-20(7-9-21)14-10-15(24-3)17(26-5)16(11-14)25-4/h10-11H,6-9H2,1-5H3. The molecule has 0 unspecified atom stereocenters. The van der Waals surface area contributed by atoms with E-state index in [-0.39, 0.29) is 4.90 Å². The lowest BCUT2D eigenvalue weighted by molar-refractivity contribution is 0.324. The van der Waals surface area contributed by atoms with E-state index in [2.05, 4.69) is 10.1 Å². The number of methoxy groups -OCH3 is 3. The molecule has 0 bridgehead atoms. The van der Waals surface area contributed by atoms with Crippen molar-refractivity contribution in [3.63, 3.8) is 0 Å². The van der Waals surface area contributed by atoms with Crippen LogP contribution in [-0.2, 0) is 10.0 Å². The number of nitrogens with zero attached hydrogens (tertiary/aromatic N) is 3. The number of ether oxygens (including phenoxy) is 3. The van der Waals surface area contributed by atoms with Crippen LogP contribution in [0, 0.1) is 13.8 Å². The van der Waals surface area contributed by atoms with Crippen LogP contribution < -0.4 is 19.1 Å². The van der Waals surface area contributed by atoms with E-state index in [0.717, 1.165) is 5.69 Å². The van der Waals surface area contributed by atoms with E-state index in [9.17, 15) is 8.42 Å². The number of aromatic nitrogens is 1. The molecule has 0 saturated carbocycles. The van der Waals surface area contributed by atoms with Crippen molar-refractivity contribution >= 4 is 15.7 Å². The van der Waals surface area contributed by atoms with Crippen molar-refractivity contribution in [3.05, 3.63) is 23.6 Å². The first-order valence-corrected chi connectivity index (χ1v) is 10.3. The molecule has 1 aromatic carbocycles. The zero-order chi connectivity index (χ0) is 20.5. The van der Waals surface area contributed by atoms with Crippen LogP contribution in [0.3, 0.4) is 0 Å². The predicted octanol–water partition coefficient (Wildman–Crippen LogP) is 1.83. The van der Waals surface area contributed by atoms with Gasteiger partial charge < -0.3 is 23.6 Å². The van der Waals surface area contributed by atoms with Crippen LogP contribution in [0.4, 0.5) is 5.69 Å². The molecule has 154 valence electrons. The Balaban J connectivity index is 1.81. The number of rotatable bonds is 6. The second-order valence-electron chi connectivity index (χ2n) is 6.43. The molecule has 0 aliphatic carbocycles. The van der Waals surface area contributed by atoms with Crippen molar-refractivity contribution in [1.29, 1.82) is 0 Å². The third-order valence-electron chi connectivity index (χ3n) is 4.82. The molecule has 1 aliphatic heterocycles. The van der Waals surface area contributed by atoms with Crippen LogP contribution in [-0.4, -0.2) is 65.4 Å². The third kappa shape index (κ3) is 3.49. The maximum atomic E-state index is 13.0. The molecule has 0 atom stereocenters. The minimum absolute atomic E-state index is 0.161. The molecule has 10 heteroatoms. The third-order valence-corrected chi connectivity index (χ3v) is 6.96. The molecule has 0 amide bonds. The Morgan fingerprint density at radius 2 is 1.54 bits per heavy atom. The van der Waals surface area contributed by atoms with E-state index in [4.69, 9.17) is 18.7 Å². The number of benzene rings is 1. The fraction of sp³-hybridized carbons (Fsp3) is 0.500. The van der Waals surface area contributed by atoms with Crippen molar-refractivity contribution in [2.24, 2.45) is 0 Å². The van der Waals surface area contributed by atoms with Gasteiger partial charge in [0.15, 0.2) is 17.3 Å². The second kappa shape index (κ2) is 7.88. The molecule has 1 saturated heterocycles. The van der Waals surface area contributed by atoms with E-state index in [1.165, 1.54) is 4.31 Å². The van der Waals surface area contributed by atoms with Crippen LogP contribution in [0.15, 0.2) is 21.6 Å². The average Bonchev–Trinajstić information content (AvgIpc) is 3.05. The number of hydrogen-bond acceptors (Lipinski definition) is 8. The molecule has 28 heavy (non-hydrogen) atoms. The molecule has 1 fully saturated rings. The number of aryl methyl sites for hydroxylation is 2.